The van der Waals surface area contributed by atoms with Gasteiger partial charge in [-0.2, -0.15) is 0 Å². The Morgan fingerprint density at radius 1 is 1.13 bits per heavy atom. The van der Waals surface area contributed by atoms with Crippen LogP contribution in [0.5, 0.6) is 0 Å². The second-order valence-electron chi connectivity index (χ2n) is 5.39. The summed E-state index contributed by atoms with van der Waals surface area (Å²) in [7, 11) is 0. The van der Waals surface area contributed by atoms with E-state index in [9.17, 15) is 9.18 Å². The lowest BCUT2D eigenvalue weighted by Gasteiger charge is -2.14. The number of rotatable bonds is 8. The summed E-state index contributed by atoms with van der Waals surface area (Å²) < 4.78 is 19.4. The predicted octanol–water partition coefficient (Wildman–Crippen LogP) is 4.57. The highest BCUT2D eigenvalue weighted by atomic mass is 19.1. The number of benzene rings is 2. The monoisotopic (exact) mass is 315 g/mol. The Morgan fingerprint density at radius 2 is 1.87 bits per heavy atom. The molecule has 0 fully saturated rings. The van der Waals surface area contributed by atoms with Crippen LogP contribution in [0.3, 0.4) is 0 Å². The quantitative estimate of drug-likeness (QED) is 0.573. The molecular weight excluding hydrogens is 293 g/mol. The summed E-state index contributed by atoms with van der Waals surface area (Å²) >= 11 is 0. The van der Waals surface area contributed by atoms with Crippen molar-refractivity contribution in [3.8, 4) is 0 Å². The fraction of sp³-hybridized carbons (Fsp3) is 0.316. The molecule has 0 unspecified atom stereocenters. The van der Waals surface area contributed by atoms with Gasteiger partial charge in [-0.3, -0.25) is 4.79 Å². The maximum atomic E-state index is 13.8. The molecule has 2 aromatic carbocycles. The second kappa shape index (κ2) is 8.44. The number of halogens is 1. The van der Waals surface area contributed by atoms with Crippen molar-refractivity contribution in [3.05, 3.63) is 65.0 Å². The Hall–Kier alpha value is -2.20. The Kier molecular flexibility index (Phi) is 6.29. The van der Waals surface area contributed by atoms with E-state index >= 15 is 0 Å². The van der Waals surface area contributed by atoms with Crippen LogP contribution in [-0.2, 0) is 17.9 Å². The van der Waals surface area contributed by atoms with Crippen molar-refractivity contribution in [1.29, 1.82) is 0 Å². The Labute approximate surface area is 136 Å². The van der Waals surface area contributed by atoms with Crippen molar-refractivity contribution in [2.24, 2.45) is 0 Å². The lowest BCUT2D eigenvalue weighted by molar-refractivity contribution is 0.101. The summed E-state index contributed by atoms with van der Waals surface area (Å²) in [5.41, 5.74) is 2.78. The molecule has 0 aliphatic heterocycles. The van der Waals surface area contributed by atoms with E-state index in [-0.39, 0.29) is 11.3 Å². The molecule has 0 atom stereocenters. The highest BCUT2D eigenvalue weighted by Crippen LogP contribution is 2.21. The molecule has 2 aromatic rings. The first-order valence-electron chi connectivity index (χ1n) is 7.81. The van der Waals surface area contributed by atoms with Crippen molar-refractivity contribution in [2.75, 3.05) is 11.9 Å². The highest BCUT2D eigenvalue weighted by Gasteiger charge is 2.13. The van der Waals surface area contributed by atoms with Gasteiger partial charge in [0.2, 0.25) is 0 Å². The van der Waals surface area contributed by atoms with Gasteiger partial charge in [-0.25, -0.2) is 4.39 Å². The van der Waals surface area contributed by atoms with Crippen LogP contribution in [0.25, 0.3) is 0 Å². The minimum Gasteiger partial charge on any atom is -0.380 e. The number of ether oxygens (including phenoxy) is 1. The molecule has 0 aliphatic rings. The fourth-order valence-electron chi connectivity index (χ4n) is 2.42. The maximum absolute atomic E-state index is 13.8. The fourth-order valence-corrected chi connectivity index (χ4v) is 2.42. The summed E-state index contributed by atoms with van der Waals surface area (Å²) in [5.74, 6) is -0.785. The molecule has 0 bridgehead atoms. The minimum absolute atomic E-state index is 0.104. The van der Waals surface area contributed by atoms with E-state index in [1.54, 1.807) is 12.1 Å². The maximum Gasteiger partial charge on any atom is 0.164 e. The van der Waals surface area contributed by atoms with Crippen molar-refractivity contribution in [2.45, 2.75) is 33.4 Å². The summed E-state index contributed by atoms with van der Waals surface area (Å²) in [6, 6.07) is 12.6. The smallest absolute Gasteiger partial charge is 0.164 e. The summed E-state index contributed by atoms with van der Waals surface area (Å²) in [6.45, 7) is 5.22. The van der Waals surface area contributed by atoms with Gasteiger partial charge in [0.05, 0.1) is 12.2 Å². The zero-order valence-electron chi connectivity index (χ0n) is 13.6. The number of carbonyl (C=O) groups excluding carboxylic acids is 1. The molecule has 23 heavy (non-hydrogen) atoms. The Morgan fingerprint density at radius 3 is 2.57 bits per heavy atom. The normalized spacial score (nSPS) is 10.6. The first-order valence-corrected chi connectivity index (χ1v) is 7.81. The topological polar surface area (TPSA) is 38.3 Å². The van der Waals surface area contributed by atoms with Gasteiger partial charge in [0, 0.05) is 18.8 Å². The van der Waals surface area contributed by atoms with Crippen LogP contribution in [0.2, 0.25) is 0 Å². The molecule has 0 saturated heterocycles. The molecule has 3 nitrogen and oxygen atoms in total. The zero-order valence-corrected chi connectivity index (χ0v) is 13.6. The van der Waals surface area contributed by atoms with E-state index in [0.717, 1.165) is 24.2 Å². The van der Waals surface area contributed by atoms with E-state index in [2.05, 4.69) is 12.2 Å². The lowest BCUT2D eigenvalue weighted by Crippen LogP contribution is -2.09. The first kappa shape index (κ1) is 17.2. The second-order valence-corrected chi connectivity index (χ2v) is 5.39. The standard InChI is InChI=1S/C19H22FNO2/c1-3-11-23-13-16-8-5-4-7-15(16)12-21-18-10-6-9-17(20)19(18)14(2)22/h4-10,21H,3,11-13H2,1-2H3. The first-order chi connectivity index (χ1) is 11.1. The number of Topliss-reactive ketones (excluding diaryl/α,β-unsaturated/α-hetero) is 1. The third kappa shape index (κ3) is 4.63. The van der Waals surface area contributed by atoms with Crippen LogP contribution in [-0.4, -0.2) is 12.4 Å². The van der Waals surface area contributed by atoms with Gasteiger partial charge in [-0.05, 0) is 36.6 Å². The van der Waals surface area contributed by atoms with Gasteiger partial charge in [-0.1, -0.05) is 37.3 Å². The Balaban J connectivity index is 2.13. The van der Waals surface area contributed by atoms with Crippen molar-refractivity contribution in [1.82, 2.24) is 0 Å². The molecule has 0 saturated carbocycles. The average molecular weight is 315 g/mol. The van der Waals surface area contributed by atoms with E-state index < -0.39 is 5.82 Å². The molecule has 0 aromatic heterocycles. The zero-order chi connectivity index (χ0) is 16.7. The summed E-state index contributed by atoms with van der Waals surface area (Å²) in [4.78, 5) is 11.6. The van der Waals surface area contributed by atoms with Crippen LogP contribution in [0.1, 0.15) is 41.8 Å². The molecule has 0 amide bonds. The number of anilines is 1. The van der Waals surface area contributed by atoms with Crippen LogP contribution in [0, 0.1) is 5.82 Å². The lowest BCUT2D eigenvalue weighted by atomic mass is 10.1. The summed E-state index contributed by atoms with van der Waals surface area (Å²) in [5, 5.41) is 3.17. The number of hydrogen-bond donors (Lipinski definition) is 1. The van der Waals surface area contributed by atoms with Crippen molar-refractivity contribution >= 4 is 11.5 Å². The largest absolute Gasteiger partial charge is 0.380 e. The molecule has 1 N–H and O–H groups in total. The van der Waals surface area contributed by atoms with E-state index in [1.165, 1.54) is 13.0 Å². The number of nitrogens with one attached hydrogen (secondary N) is 1. The van der Waals surface area contributed by atoms with Crippen LogP contribution in [0.4, 0.5) is 10.1 Å². The van der Waals surface area contributed by atoms with Crippen LogP contribution >= 0.6 is 0 Å². The van der Waals surface area contributed by atoms with Gasteiger partial charge >= 0.3 is 0 Å². The van der Waals surface area contributed by atoms with Gasteiger partial charge < -0.3 is 10.1 Å². The molecule has 0 radical (unpaired) electrons. The predicted molar refractivity (Wildman–Crippen MR) is 90.1 cm³/mol. The van der Waals surface area contributed by atoms with Crippen LogP contribution in [0.15, 0.2) is 42.5 Å². The molecular formula is C19H22FNO2. The van der Waals surface area contributed by atoms with Gasteiger partial charge in [0.1, 0.15) is 5.82 Å². The van der Waals surface area contributed by atoms with Gasteiger partial charge in [-0.15, -0.1) is 0 Å². The molecule has 0 heterocycles. The van der Waals surface area contributed by atoms with E-state index in [0.29, 0.717) is 18.8 Å². The van der Waals surface area contributed by atoms with Crippen molar-refractivity contribution < 1.29 is 13.9 Å². The Bertz CT molecular complexity index is 670. The third-order valence-corrected chi connectivity index (χ3v) is 3.56. The molecule has 0 spiro atoms. The summed E-state index contributed by atoms with van der Waals surface area (Å²) in [6.07, 6.45) is 0.978. The van der Waals surface area contributed by atoms with Gasteiger partial charge in [0.25, 0.3) is 0 Å². The minimum atomic E-state index is -0.498. The van der Waals surface area contributed by atoms with Crippen molar-refractivity contribution in [3.63, 3.8) is 0 Å². The van der Waals surface area contributed by atoms with E-state index in [1.807, 2.05) is 24.3 Å². The molecule has 122 valence electrons. The third-order valence-electron chi connectivity index (χ3n) is 3.56. The molecule has 2 rings (SSSR count). The molecule has 4 heteroatoms. The van der Waals surface area contributed by atoms with E-state index in [4.69, 9.17) is 4.74 Å². The average Bonchev–Trinajstić information content (AvgIpc) is 2.53. The number of hydrogen-bond acceptors (Lipinski definition) is 3. The SMILES string of the molecule is CCCOCc1ccccc1CNc1cccc(F)c1C(C)=O. The number of carbonyl (C=O) groups is 1. The number of ketones is 1. The van der Waals surface area contributed by atoms with Gasteiger partial charge in [0.15, 0.2) is 5.78 Å². The van der Waals surface area contributed by atoms with Crippen LogP contribution < -0.4 is 5.32 Å². The molecule has 0 aliphatic carbocycles. The highest BCUT2D eigenvalue weighted by molar-refractivity contribution is 5.99.